The number of hydrogen-bond acceptors (Lipinski definition) is 9. The molecule has 0 saturated carbocycles. The Labute approximate surface area is 239 Å². The lowest BCUT2D eigenvalue weighted by Crippen LogP contribution is -2.42. The Hall–Kier alpha value is -3.83. The highest BCUT2D eigenvalue weighted by Crippen LogP contribution is 2.25. The number of rotatable bonds is 10. The van der Waals surface area contributed by atoms with Crippen molar-refractivity contribution in [3.63, 3.8) is 0 Å². The molecule has 1 atom stereocenters. The monoisotopic (exact) mass is 562 g/mol. The zero-order valence-electron chi connectivity index (χ0n) is 23.7. The van der Waals surface area contributed by atoms with E-state index in [9.17, 15) is 14.7 Å². The molecule has 3 aromatic rings. The van der Waals surface area contributed by atoms with Gasteiger partial charge in [-0.2, -0.15) is 0 Å². The van der Waals surface area contributed by atoms with Crippen LogP contribution in [0.25, 0.3) is 0 Å². The van der Waals surface area contributed by atoms with E-state index in [1.165, 1.54) is 23.8 Å². The van der Waals surface area contributed by atoms with Crippen molar-refractivity contribution in [1.29, 1.82) is 0 Å². The fourth-order valence-electron chi connectivity index (χ4n) is 5.49. The lowest BCUT2D eigenvalue weighted by Gasteiger charge is -2.31. The second-order valence-corrected chi connectivity index (χ2v) is 11.0. The van der Waals surface area contributed by atoms with Crippen LogP contribution in [-0.2, 0) is 30.8 Å². The highest BCUT2D eigenvalue weighted by Gasteiger charge is 2.23. The standard InChI is InChI=1S/C30H38N6O5/c1-20-29(41-19-34-20)17-40-27-4-3-24-15-35(8-7-23(24)12-27)16-26(38)14-31-30(39)28-13-25(32-18-33-28)11-22-5-9-36(10-6-22)21(2)37/h3-4,12-13,18-19,22,26,38H,5-11,14-17H2,1-2H3,(H,31,39)/t26-/m0/s1. The number of carbonyl (C=O) groups is 2. The van der Waals surface area contributed by atoms with E-state index < -0.39 is 6.10 Å². The van der Waals surface area contributed by atoms with Crippen molar-refractivity contribution in [2.24, 2.45) is 5.92 Å². The number of hydrogen-bond donors (Lipinski definition) is 2. The minimum Gasteiger partial charge on any atom is -0.486 e. The Morgan fingerprint density at radius 3 is 2.73 bits per heavy atom. The van der Waals surface area contributed by atoms with Crippen LogP contribution in [0.5, 0.6) is 5.75 Å². The van der Waals surface area contributed by atoms with E-state index in [4.69, 9.17) is 9.15 Å². The molecule has 11 nitrogen and oxygen atoms in total. The number of aliphatic hydroxyl groups is 1. The first-order chi connectivity index (χ1) is 19.8. The first-order valence-corrected chi connectivity index (χ1v) is 14.2. The number of nitrogens with one attached hydrogen (secondary N) is 1. The van der Waals surface area contributed by atoms with Crippen molar-refractivity contribution in [3.8, 4) is 5.75 Å². The summed E-state index contributed by atoms with van der Waals surface area (Å²) in [6.07, 6.45) is 5.59. The lowest BCUT2D eigenvalue weighted by molar-refractivity contribution is -0.130. The number of ether oxygens (including phenoxy) is 1. The van der Waals surface area contributed by atoms with Crippen LogP contribution < -0.4 is 10.1 Å². The quantitative estimate of drug-likeness (QED) is 0.382. The summed E-state index contributed by atoms with van der Waals surface area (Å²) in [7, 11) is 0. The summed E-state index contributed by atoms with van der Waals surface area (Å²) in [6, 6.07) is 7.82. The third-order valence-electron chi connectivity index (χ3n) is 7.97. The molecule has 0 spiro atoms. The molecule has 1 saturated heterocycles. The molecule has 2 aliphatic heterocycles. The van der Waals surface area contributed by atoms with Crippen LogP contribution in [0, 0.1) is 12.8 Å². The summed E-state index contributed by atoms with van der Waals surface area (Å²) in [5.41, 5.74) is 4.39. The number of carbonyl (C=O) groups excluding carboxylic acids is 2. The summed E-state index contributed by atoms with van der Waals surface area (Å²) in [6.45, 7) is 7.49. The Balaban J connectivity index is 1.05. The number of β-amino-alcohol motifs (C(OH)–C–C–N with tert-alkyl or cyclic N) is 1. The van der Waals surface area contributed by atoms with Gasteiger partial charge < -0.3 is 24.5 Å². The maximum Gasteiger partial charge on any atom is 0.270 e. The van der Waals surface area contributed by atoms with Gasteiger partial charge >= 0.3 is 0 Å². The maximum absolute atomic E-state index is 12.8. The molecular weight excluding hydrogens is 524 g/mol. The van der Waals surface area contributed by atoms with Gasteiger partial charge in [0, 0.05) is 51.9 Å². The van der Waals surface area contributed by atoms with Crippen LogP contribution in [-0.4, -0.2) is 80.5 Å². The Bertz CT molecular complexity index is 1350. The van der Waals surface area contributed by atoms with E-state index >= 15 is 0 Å². The van der Waals surface area contributed by atoms with Gasteiger partial charge in [0.2, 0.25) is 5.91 Å². The molecule has 0 bridgehead atoms. The number of fused-ring (bicyclic) bond motifs is 1. The summed E-state index contributed by atoms with van der Waals surface area (Å²) >= 11 is 0. The number of aryl methyl sites for hydroxylation is 1. The number of nitrogens with zero attached hydrogens (tertiary/aromatic N) is 5. The molecule has 2 amide bonds. The summed E-state index contributed by atoms with van der Waals surface area (Å²) in [5, 5.41) is 13.5. The maximum atomic E-state index is 12.8. The van der Waals surface area contributed by atoms with Gasteiger partial charge in [0.05, 0.1) is 11.8 Å². The van der Waals surface area contributed by atoms with Crippen molar-refractivity contribution in [3.05, 3.63) is 71.0 Å². The minimum atomic E-state index is -0.707. The van der Waals surface area contributed by atoms with Gasteiger partial charge in [-0.05, 0) is 67.9 Å². The zero-order chi connectivity index (χ0) is 28.8. The molecule has 1 aromatic carbocycles. The normalized spacial score (nSPS) is 16.7. The average Bonchev–Trinajstić information content (AvgIpc) is 3.39. The highest BCUT2D eigenvalue weighted by molar-refractivity contribution is 5.92. The van der Waals surface area contributed by atoms with Crippen LogP contribution in [0.2, 0.25) is 0 Å². The molecule has 0 unspecified atom stereocenters. The Morgan fingerprint density at radius 1 is 1.15 bits per heavy atom. The smallest absolute Gasteiger partial charge is 0.270 e. The van der Waals surface area contributed by atoms with Gasteiger partial charge in [0.1, 0.15) is 24.4 Å². The molecule has 11 heteroatoms. The molecule has 0 radical (unpaired) electrons. The fourth-order valence-corrected chi connectivity index (χ4v) is 5.49. The predicted molar refractivity (Wildman–Crippen MR) is 150 cm³/mol. The SMILES string of the molecule is CC(=O)N1CCC(Cc2cc(C(=O)NC[C@H](O)CN3CCc4cc(OCc5ocnc5C)ccc4C3)ncn2)CC1. The second-order valence-electron chi connectivity index (χ2n) is 11.0. The first-order valence-electron chi connectivity index (χ1n) is 14.2. The van der Waals surface area contributed by atoms with Crippen LogP contribution in [0.3, 0.4) is 0 Å². The van der Waals surface area contributed by atoms with Gasteiger partial charge in [0.25, 0.3) is 5.91 Å². The number of likely N-dealkylation sites (tertiary alicyclic amines) is 1. The van der Waals surface area contributed by atoms with E-state index in [0.717, 1.165) is 74.8 Å². The van der Waals surface area contributed by atoms with Gasteiger partial charge in [-0.1, -0.05) is 6.07 Å². The molecule has 2 aliphatic rings. The first kappa shape index (κ1) is 28.7. The molecule has 1 fully saturated rings. The fraction of sp³-hybridized carbons (Fsp3) is 0.500. The Kier molecular flexibility index (Phi) is 9.25. The van der Waals surface area contributed by atoms with E-state index in [1.807, 2.05) is 17.9 Å². The van der Waals surface area contributed by atoms with Crippen LogP contribution in [0.4, 0.5) is 0 Å². The van der Waals surface area contributed by atoms with E-state index in [-0.39, 0.29) is 18.4 Å². The predicted octanol–water partition coefficient (Wildman–Crippen LogP) is 2.30. The number of piperidine rings is 1. The number of amides is 2. The molecule has 0 aliphatic carbocycles. The van der Waals surface area contributed by atoms with Crippen molar-refractivity contribution in [1.82, 2.24) is 30.1 Å². The molecule has 41 heavy (non-hydrogen) atoms. The number of benzene rings is 1. The van der Waals surface area contributed by atoms with Gasteiger partial charge in [0.15, 0.2) is 12.2 Å². The molecule has 5 rings (SSSR count). The highest BCUT2D eigenvalue weighted by atomic mass is 16.5. The zero-order valence-corrected chi connectivity index (χ0v) is 23.7. The largest absolute Gasteiger partial charge is 0.486 e. The number of aliphatic hydroxyl groups excluding tert-OH is 1. The topological polar surface area (TPSA) is 134 Å². The van der Waals surface area contributed by atoms with Gasteiger partial charge in [-0.25, -0.2) is 15.0 Å². The second kappa shape index (κ2) is 13.2. The van der Waals surface area contributed by atoms with Gasteiger partial charge in [-0.15, -0.1) is 0 Å². The van der Waals surface area contributed by atoms with Crippen molar-refractivity contribution in [2.75, 3.05) is 32.7 Å². The molecular formula is C30H38N6O5. The summed E-state index contributed by atoms with van der Waals surface area (Å²) < 4.78 is 11.2. The average molecular weight is 563 g/mol. The number of aromatic nitrogens is 3. The third-order valence-corrected chi connectivity index (χ3v) is 7.97. The van der Waals surface area contributed by atoms with E-state index in [2.05, 4.69) is 37.3 Å². The van der Waals surface area contributed by atoms with Crippen molar-refractivity contribution in [2.45, 2.75) is 58.8 Å². The molecule has 2 aromatic heterocycles. The molecule has 218 valence electrons. The Morgan fingerprint density at radius 2 is 1.98 bits per heavy atom. The lowest BCUT2D eigenvalue weighted by atomic mass is 9.92. The van der Waals surface area contributed by atoms with E-state index in [1.54, 1.807) is 13.0 Å². The minimum absolute atomic E-state index is 0.117. The summed E-state index contributed by atoms with van der Waals surface area (Å²) in [5.74, 6) is 1.73. The van der Waals surface area contributed by atoms with Crippen LogP contribution in [0.1, 0.15) is 58.5 Å². The van der Waals surface area contributed by atoms with Crippen LogP contribution >= 0.6 is 0 Å². The molecule has 2 N–H and O–H groups in total. The van der Waals surface area contributed by atoms with Crippen LogP contribution in [0.15, 0.2) is 41.4 Å². The third kappa shape index (κ3) is 7.68. The van der Waals surface area contributed by atoms with Crippen molar-refractivity contribution >= 4 is 11.8 Å². The number of oxazole rings is 1. The van der Waals surface area contributed by atoms with Gasteiger partial charge in [-0.3, -0.25) is 14.5 Å². The van der Waals surface area contributed by atoms with Crippen molar-refractivity contribution < 1.29 is 23.8 Å². The van der Waals surface area contributed by atoms with E-state index in [0.29, 0.717) is 24.8 Å². The molecule has 4 heterocycles. The summed E-state index contributed by atoms with van der Waals surface area (Å²) in [4.78, 5) is 41.0.